The second-order valence-electron chi connectivity index (χ2n) is 7.64. The average molecular weight is 372 g/mol. The van der Waals surface area contributed by atoms with Crippen LogP contribution in [0.15, 0.2) is 24.3 Å². The molecular formula is C21H28N2O4. The highest BCUT2D eigenvalue weighted by molar-refractivity contribution is 5.96. The van der Waals surface area contributed by atoms with E-state index < -0.39 is 0 Å². The molecule has 1 fully saturated rings. The van der Waals surface area contributed by atoms with Crippen LogP contribution in [0.2, 0.25) is 0 Å². The maximum absolute atomic E-state index is 12.6. The van der Waals surface area contributed by atoms with Crippen LogP contribution in [0.25, 0.3) is 0 Å². The van der Waals surface area contributed by atoms with Gasteiger partial charge in [-0.3, -0.25) is 14.4 Å². The first kappa shape index (κ1) is 19.4. The summed E-state index contributed by atoms with van der Waals surface area (Å²) in [4.78, 5) is 40.5. The van der Waals surface area contributed by atoms with Crippen molar-refractivity contribution < 1.29 is 19.1 Å². The molecule has 1 saturated heterocycles. The predicted octanol–water partition coefficient (Wildman–Crippen LogP) is 2.40. The molecular weight excluding hydrogens is 344 g/mol. The summed E-state index contributed by atoms with van der Waals surface area (Å²) in [6.07, 6.45) is 3.07. The Balaban J connectivity index is 1.49. The van der Waals surface area contributed by atoms with Crippen LogP contribution in [0.1, 0.15) is 38.7 Å². The average Bonchev–Trinajstić information content (AvgIpc) is 2.70. The molecule has 0 aliphatic carbocycles. The standard InChI is InChI=1S/C21H28N2O4/c1-15(2)20(25)22-12-9-17(10-13-22)21(26)27-14-19(24)23-11-5-7-16-6-3-4-8-18(16)23/h3-4,6,8,15,17H,5,7,9-14H2,1-2H3. The minimum Gasteiger partial charge on any atom is -0.455 e. The van der Waals surface area contributed by atoms with Crippen LogP contribution >= 0.6 is 0 Å². The molecule has 1 aromatic rings. The van der Waals surface area contributed by atoms with Crippen molar-refractivity contribution in [1.29, 1.82) is 0 Å². The maximum Gasteiger partial charge on any atom is 0.309 e. The third-order valence-corrected chi connectivity index (χ3v) is 5.38. The second-order valence-corrected chi connectivity index (χ2v) is 7.64. The zero-order chi connectivity index (χ0) is 19.4. The number of fused-ring (bicyclic) bond motifs is 1. The largest absolute Gasteiger partial charge is 0.455 e. The van der Waals surface area contributed by atoms with Gasteiger partial charge < -0.3 is 14.5 Å². The number of carbonyl (C=O) groups excluding carboxylic acids is 3. The lowest BCUT2D eigenvalue weighted by Gasteiger charge is -2.32. The first-order chi connectivity index (χ1) is 13.0. The first-order valence-corrected chi connectivity index (χ1v) is 9.81. The molecule has 0 atom stereocenters. The number of nitrogens with zero attached hydrogens (tertiary/aromatic N) is 2. The van der Waals surface area contributed by atoms with Gasteiger partial charge in [0.25, 0.3) is 5.91 Å². The van der Waals surface area contributed by atoms with Gasteiger partial charge in [-0.2, -0.15) is 0 Å². The van der Waals surface area contributed by atoms with E-state index in [0.29, 0.717) is 32.5 Å². The zero-order valence-corrected chi connectivity index (χ0v) is 16.1. The van der Waals surface area contributed by atoms with E-state index in [1.807, 2.05) is 43.0 Å². The van der Waals surface area contributed by atoms with E-state index >= 15 is 0 Å². The van der Waals surface area contributed by atoms with Gasteiger partial charge >= 0.3 is 5.97 Å². The highest BCUT2D eigenvalue weighted by Crippen LogP contribution is 2.27. The van der Waals surface area contributed by atoms with Gasteiger partial charge in [0.2, 0.25) is 5.91 Å². The molecule has 2 amide bonds. The number of anilines is 1. The molecule has 6 heteroatoms. The number of amides is 2. The number of esters is 1. The number of likely N-dealkylation sites (tertiary alicyclic amines) is 1. The topological polar surface area (TPSA) is 66.9 Å². The molecule has 0 spiro atoms. The Hall–Kier alpha value is -2.37. The highest BCUT2D eigenvalue weighted by atomic mass is 16.5. The summed E-state index contributed by atoms with van der Waals surface area (Å²) >= 11 is 0. The fraction of sp³-hybridized carbons (Fsp3) is 0.571. The smallest absolute Gasteiger partial charge is 0.309 e. The van der Waals surface area contributed by atoms with Crippen LogP contribution in [0, 0.1) is 11.8 Å². The lowest BCUT2D eigenvalue weighted by molar-refractivity contribution is -0.154. The molecule has 2 aliphatic heterocycles. The van der Waals surface area contributed by atoms with E-state index in [9.17, 15) is 14.4 Å². The van der Waals surface area contributed by atoms with Crippen molar-refractivity contribution in [1.82, 2.24) is 4.90 Å². The van der Waals surface area contributed by atoms with Crippen LogP contribution in [-0.2, 0) is 25.5 Å². The molecule has 1 aromatic carbocycles. The Labute approximate surface area is 160 Å². The van der Waals surface area contributed by atoms with Crippen LogP contribution in [0.4, 0.5) is 5.69 Å². The molecule has 2 heterocycles. The number of aryl methyl sites for hydroxylation is 1. The van der Waals surface area contributed by atoms with E-state index in [-0.39, 0.29) is 36.2 Å². The van der Waals surface area contributed by atoms with Gasteiger partial charge in [0, 0.05) is 31.2 Å². The van der Waals surface area contributed by atoms with Gasteiger partial charge in [-0.05, 0) is 37.3 Å². The third-order valence-electron chi connectivity index (χ3n) is 5.38. The van der Waals surface area contributed by atoms with Crippen molar-refractivity contribution >= 4 is 23.5 Å². The van der Waals surface area contributed by atoms with Gasteiger partial charge in [-0.25, -0.2) is 0 Å². The van der Waals surface area contributed by atoms with Gasteiger partial charge in [-0.1, -0.05) is 32.0 Å². The molecule has 0 N–H and O–H groups in total. The molecule has 2 aliphatic rings. The van der Waals surface area contributed by atoms with E-state index in [1.165, 1.54) is 0 Å². The van der Waals surface area contributed by atoms with Crippen molar-refractivity contribution in [3.63, 3.8) is 0 Å². The molecule has 0 saturated carbocycles. The number of carbonyl (C=O) groups is 3. The van der Waals surface area contributed by atoms with Gasteiger partial charge in [0.1, 0.15) is 0 Å². The normalized spacial score (nSPS) is 17.6. The molecule has 27 heavy (non-hydrogen) atoms. The van der Waals surface area contributed by atoms with Crippen LogP contribution in [0.3, 0.4) is 0 Å². The quantitative estimate of drug-likeness (QED) is 0.761. The van der Waals surface area contributed by atoms with Crippen molar-refractivity contribution in [2.24, 2.45) is 11.8 Å². The summed E-state index contributed by atoms with van der Waals surface area (Å²) in [6.45, 7) is 5.34. The summed E-state index contributed by atoms with van der Waals surface area (Å²) in [5.41, 5.74) is 2.08. The minimum atomic E-state index is -0.328. The third kappa shape index (κ3) is 4.49. The van der Waals surface area contributed by atoms with Gasteiger partial charge in [0.15, 0.2) is 6.61 Å². The molecule has 146 valence electrons. The van der Waals surface area contributed by atoms with Crippen LogP contribution < -0.4 is 4.90 Å². The molecule has 0 bridgehead atoms. The van der Waals surface area contributed by atoms with Crippen molar-refractivity contribution in [2.45, 2.75) is 39.5 Å². The Morgan fingerprint density at radius 3 is 2.52 bits per heavy atom. The zero-order valence-electron chi connectivity index (χ0n) is 16.1. The minimum absolute atomic E-state index is 0.0291. The predicted molar refractivity (Wildman–Crippen MR) is 102 cm³/mol. The number of benzene rings is 1. The lowest BCUT2D eigenvalue weighted by atomic mass is 9.96. The molecule has 0 radical (unpaired) electrons. The summed E-state index contributed by atoms with van der Waals surface area (Å²) in [6, 6.07) is 7.87. The molecule has 0 unspecified atom stereocenters. The Morgan fingerprint density at radius 2 is 1.81 bits per heavy atom. The number of ether oxygens (including phenoxy) is 1. The number of piperidine rings is 1. The lowest BCUT2D eigenvalue weighted by Crippen LogP contribution is -2.43. The highest BCUT2D eigenvalue weighted by Gasteiger charge is 2.30. The molecule has 3 rings (SSSR count). The summed E-state index contributed by atoms with van der Waals surface area (Å²) in [7, 11) is 0. The van der Waals surface area contributed by atoms with Gasteiger partial charge in [-0.15, -0.1) is 0 Å². The number of para-hydroxylation sites is 1. The number of rotatable bonds is 4. The number of hydrogen-bond donors (Lipinski definition) is 0. The molecule has 0 aromatic heterocycles. The summed E-state index contributed by atoms with van der Waals surface area (Å²) in [5, 5.41) is 0. The Kier molecular flexibility index (Phi) is 6.14. The Morgan fingerprint density at radius 1 is 1.11 bits per heavy atom. The first-order valence-electron chi connectivity index (χ1n) is 9.81. The fourth-order valence-corrected chi connectivity index (χ4v) is 3.82. The monoisotopic (exact) mass is 372 g/mol. The van der Waals surface area contributed by atoms with E-state index in [4.69, 9.17) is 4.74 Å². The van der Waals surface area contributed by atoms with E-state index in [2.05, 4.69) is 0 Å². The second kappa shape index (κ2) is 8.55. The van der Waals surface area contributed by atoms with Crippen LogP contribution in [0.5, 0.6) is 0 Å². The van der Waals surface area contributed by atoms with Crippen molar-refractivity contribution in [3.8, 4) is 0 Å². The van der Waals surface area contributed by atoms with Crippen molar-refractivity contribution in [3.05, 3.63) is 29.8 Å². The fourth-order valence-electron chi connectivity index (χ4n) is 3.82. The van der Waals surface area contributed by atoms with Crippen LogP contribution in [-0.4, -0.2) is 48.9 Å². The van der Waals surface area contributed by atoms with Gasteiger partial charge in [0.05, 0.1) is 5.92 Å². The SMILES string of the molecule is CC(C)C(=O)N1CCC(C(=O)OCC(=O)N2CCCc3ccccc32)CC1. The Bertz CT molecular complexity index is 708. The number of hydrogen-bond acceptors (Lipinski definition) is 4. The van der Waals surface area contributed by atoms with E-state index in [0.717, 1.165) is 24.1 Å². The van der Waals surface area contributed by atoms with Crippen molar-refractivity contribution in [2.75, 3.05) is 31.1 Å². The maximum atomic E-state index is 12.6. The molecule has 6 nitrogen and oxygen atoms in total. The summed E-state index contributed by atoms with van der Waals surface area (Å²) < 4.78 is 5.32. The summed E-state index contributed by atoms with van der Waals surface area (Å²) in [5.74, 6) is -0.643. The van der Waals surface area contributed by atoms with E-state index in [1.54, 1.807) is 4.90 Å².